The van der Waals surface area contributed by atoms with Gasteiger partial charge in [-0.3, -0.25) is 19.0 Å². The molecule has 0 fully saturated rings. The van der Waals surface area contributed by atoms with E-state index in [0.29, 0.717) is 95.0 Å². The number of hydrogen-bond donors (Lipinski definition) is 2. The maximum absolute atomic E-state index is 13.9. The molecule has 13 nitrogen and oxygen atoms in total. The Balaban J connectivity index is 1.00. The van der Waals surface area contributed by atoms with Crippen LogP contribution in [0.1, 0.15) is 44.6 Å². The van der Waals surface area contributed by atoms with Gasteiger partial charge in [-0.15, -0.1) is 0 Å². The van der Waals surface area contributed by atoms with E-state index in [1.54, 1.807) is 34.9 Å². The van der Waals surface area contributed by atoms with Gasteiger partial charge in [-0.05, 0) is 55.2 Å². The predicted octanol–water partition coefficient (Wildman–Crippen LogP) is 4.97. The molecular formula is C34H34N4O9S. The summed E-state index contributed by atoms with van der Waals surface area (Å²) in [5.41, 5.74) is 1.75. The molecule has 7 rings (SSSR count). The Labute approximate surface area is 279 Å². The van der Waals surface area contributed by atoms with Crippen LogP contribution in [0.5, 0.6) is 34.5 Å². The van der Waals surface area contributed by atoms with E-state index in [4.69, 9.17) is 33.4 Å². The summed E-state index contributed by atoms with van der Waals surface area (Å²) in [6, 6.07) is 14.2. The minimum Gasteiger partial charge on any atom is -0.454 e. The van der Waals surface area contributed by atoms with Gasteiger partial charge in [0.05, 0.1) is 16.2 Å². The Bertz CT molecular complexity index is 1930. The summed E-state index contributed by atoms with van der Waals surface area (Å²) in [4.78, 5) is 44.6. The summed E-state index contributed by atoms with van der Waals surface area (Å²) in [5, 5.41) is 6.21. The highest BCUT2D eigenvalue weighted by molar-refractivity contribution is 8.00. The minimum atomic E-state index is -0.534. The van der Waals surface area contributed by atoms with Gasteiger partial charge < -0.3 is 39.1 Å². The first kappa shape index (κ1) is 31.5. The molecule has 0 spiro atoms. The zero-order valence-corrected chi connectivity index (χ0v) is 27.1. The molecule has 48 heavy (non-hydrogen) atoms. The second-order valence-electron chi connectivity index (χ2n) is 11.4. The third-order valence-electron chi connectivity index (χ3n) is 8.18. The fourth-order valence-corrected chi connectivity index (χ4v) is 6.64. The summed E-state index contributed by atoms with van der Waals surface area (Å²) in [6.07, 6.45) is 2.87. The fourth-order valence-electron chi connectivity index (χ4n) is 5.60. The van der Waals surface area contributed by atoms with Crippen molar-refractivity contribution >= 4 is 40.2 Å². The number of rotatable bonds is 13. The van der Waals surface area contributed by atoms with Crippen molar-refractivity contribution in [3.63, 3.8) is 0 Å². The van der Waals surface area contributed by atoms with Crippen LogP contribution in [0.15, 0.2) is 58.5 Å². The lowest BCUT2D eigenvalue weighted by Gasteiger charge is -2.18. The molecule has 4 heterocycles. The molecule has 0 saturated heterocycles. The van der Waals surface area contributed by atoms with E-state index in [-0.39, 0.29) is 37.8 Å². The number of ether oxygens (including phenoxy) is 6. The van der Waals surface area contributed by atoms with Gasteiger partial charge in [0, 0.05) is 37.3 Å². The molecule has 1 atom stereocenters. The molecule has 3 aromatic carbocycles. The Hall–Kier alpha value is -5.11. The molecule has 14 heteroatoms. The summed E-state index contributed by atoms with van der Waals surface area (Å²) in [7, 11) is 0. The molecular weight excluding hydrogens is 640 g/mol. The highest BCUT2D eigenvalue weighted by Gasteiger charge is 2.25. The lowest BCUT2D eigenvalue weighted by Crippen LogP contribution is -2.28. The lowest BCUT2D eigenvalue weighted by atomic mass is 10.1. The van der Waals surface area contributed by atoms with Crippen molar-refractivity contribution < 1.29 is 38.0 Å². The summed E-state index contributed by atoms with van der Waals surface area (Å²) in [6.45, 7) is 3.10. The van der Waals surface area contributed by atoms with Crippen LogP contribution in [-0.2, 0) is 22.7 Å². The zero-order chi connectivity index (χ0) is 33.0. The van der Waals surface area contributed by atoms with Gasteiger partial charge in [-0.25, -0.2) is 4.98 Å². The molecule has 3 aliphatic rings. The maximum Gasteiger partial charge on any atom is 0.262 e. The van der Waals surface area contributed by atoms with E-state index in [1.807, 2.05) is 25.1 Å². The van der Waals surface area contributed by atoms with Crippen molar-refractivity contribution in [3.8, 4) is 34.5 Å². The number of amides is 2. The quantitative estimate of drug-likeness (QED) is 0.113. The number of unbranched alkanes of at least 4 members (excludes halogenated alkanes) is 2. The molecule has 4 aromatic rings. The molecule has 3 aliphatic heterocycles. The first-order chi connectivity index (χ1) is 23.4. The first-order valence-corrected chi connectivity index (χ1v) is 16.7. The van der Waals surface area contributed by atoms with Crippen LogP contribution in [0, 0.1) is 0 Å². The Morgan fingerprint density at radius 2 is 1.50 bits per heavy atom. The van der Waals surface area contributed by atoms with Gasteiger partial charge in [0.25, 0.3) is 5.56 Å². The third-order valence-corrected chi connectivity index (χ3v) is 9.53. The van der Waals surface area contributed by atoms with Crippen molar-refractivity contribution in [1.29, 1.82) is 0 Å². The normalized spacial score (nSPS) is 14.3. The Morgan fingerprint density at radius 3 is 2.25 bits per heavy atom. The van der Waals surface area contributed by atoms with Crippen LogP contribution in [0.3, 0.4) is 0 Å². The zero-order valence-electron chi connectivity index (χ0n) is 26.2. The molecule has 0 bridgehead atoms. The van der Waals surface area contributed by atoms with E-state index < -0.39 is 5.25 Å². The van der Waals surface area contributed by atoms with E-state index >= 15 is 0 Å². The number of carbonyl (C=O) groups is 2. The second kappa shape index (κ2) is 13.9. The van der Waals surface area contributed by atoms with E-state index in [2.05, 4.69) is 10.6 Å². The van der Waals surface area contributed by atoms with Crippen LogP contribution in [0.4, 0.5) is 5.69 Å². The van der Waals surface area contributed by atoms with Crippen LogP contribution in [0.25, 0.3) is 10.9 Å². The molecule has 0 aliphatic carbocycles. The van der Waals surface area contributed by atoms with E-state index in [1.165, 1.54) is 11.8 Å². The molecule has 1 unspecified atom stereocenters. The van der Waals surface area contributed by atoms with Crippen molar-refractivity contribution in [1.82, 2.24) is 14.9 Å². The smallest absolute Gasteiger partial charge is 0.262 e. The monoisotopic (exact) mass is 674 g/mol. The number of nitrogens with zero attached hydrogens (tertiary/aromatic N) is 2. The minimum absolute atomic E-state index is 0.0521. The third kappa shape index (κ3) is 6.79. The average molecular weight is 675 g/mol. The average Bonchev–Trinajstić information content (AvgIpc) is 3.87. The first-order valence-electron chi connectivity index (χ1n) is 15.8. The van der Waals surface area contributed by atoms with E-state index in [0.717, 1.165) is 12.0 Å². The summed E-state index contributed by atoms with van der Waals surface area (Å²) >= 11 is 1.24. The highest BCUT2D eigenvalue weighted by Crippen LogP contribution is 2.37. The van der Waals surface area contributed by atoms with Crippen LogP contribution in [0.2, 0.25) is 0 Å². The number of benzene rings is 3. The standard InChI is InChI=1S/C34H34N4O9S/c1-2-30(32(40)36-21-8-10-25-27(13-21)45-18-43-25)48-34-37-23-15-29-28(46-19-47-29)14-22(23)33(41)38(34)11-5-3-4-6-31(39)35-16-20-7-9-24-26(12-20)44-17-42-24/h7-10,12-15,30H,2-6,11,16-19H2,1H3,(H,35,39)(H,36,40). The second-order valence-corrected chi connectivity index (χ2v) is 12.6. The number of carbonyl (C=O) groups excluding carboxylic acids is 2. The number of thioether (sulfide) groups is 1. The maximum atomic E-state index is 13.9. The van der Waals surface area contributed by atoms with Crippen LogP contribution >= 0.6 is 11.8 Å². The van der Waals surface area contributed by atoms with Gasteiger partial charge >= 0.3 is 0 Å². The largest absolute Gasteiger partial charge is 0.454 e. The van der Waals surface area contributed by atoms with E-state index in [9.17, 15) is 14.4 Å². The summed E-state index contributed by atoms with van der Waals surface area (Å²) in [5.74, 6) is 3.32. The van der Waals surface area contributed by atoms with Gasteiger partial charge in [0.2, 0.25) is 32.2 Å². The van der Waals surface area contributed by atoms with Crippen molar-refractivity contribution in [2.75, 3.05) is 25.7 Å². The SMILES string of the molecule is CCC(Sc1nc2cc3c(cc2c(=O)n1CCCCCC(=O)NCc1ccc2c(c1)OCO2)OCO3)C(=O)Nc1ccc2c(c1)OCO2. The molecule has 2 N–H and O–H groups in total. The number of aromatic nitrogens is 2. The number of anilines is 1. The topological polar surface area (TPSA) is 148 Å². The Morgan fingerprint density at radius 1 is 0.833 bits per heavy atom. The summed E-state index contributed by atoms with van der Waals surface area (Å²) < 4.78 is 34.2. The molecule has 0 saturated carbocycles. The predicted molar refractivity (Wildman–Crippen MR) is 176 cm³/mol. The van der Waals surface area contributed by atoms with Crippen molar-refractivity contribution in [3.05, 3.63) is 64.4 Å². The molecule has 2 amide bonds. The molecule has 1 aromatic heterocycles. The highest BCUT2D eigenvalue weighted by atomic mass is 32.2. The van der Waals surface area contributed by atoms with Gasteiger partial charge in [0.1, 0.15) is 0 Å². The fraction of sp³-hybridized carbons (Fsp3) is 0.353. The Kier molecular flexibility index (Phi) is 9.14. The lowest BCUT2D eigenvalue weighted by molar-refractivity contribution is -0.121. The number of fused-ring (bicyclic) bond motifs is 4. The van der Waals surface area contributed by atoms with Gasteiger partial charge in [0.15, 0.2) is 39.7 Å². The molecule has 0 radical (unpaired) electrons. The van der Waals surface area contributed by atoms with Crippen molar-refractivity contribution in [2.24, 2.45) is 0 Å². The number of hydrogen-bond acceptors (Lipinski definition) is 11. The van der Waals surface area contributed by atoms with Crippen LogP contribution < -0.4 is 44.6 Å². The van der Waals surface area contributed by atoms with Gasteiger partial charge in [-0.1, -0.05) is 31.2 Å². The van der Waals surface area contributed by atoms with Gasteiger partial charge in [-0.2, -0.15) is 0 Å². The van der Waals surface area contributed by atoms with Crippen molar-refractivity contribution in [2.45, 2.75) is 62.5 Å². The number of nitrogens with one attached hydrogen (secondary N) is 2. The van der Waals surface area contributed by atoms with Crippen LogP contribution in [-0.4, -0.2) is 47.0 Å². The molecule has 250 valence electrons.